The third kappa shape index (κ3) is 2.55. The molecule has 2 N–H and O–H groups in total. The van der Waals surface area contributed by atoms with Crippen molar-refractivity contribution in [3.63, 3.8) is 0 Å². The summed E-state index contributed by atoms with van der Waals surface area (Å²) in [6.45, 7) is 6.64. The quantitative estimate of drug-likeness (QED) is 0.836. The second kappa shape index (κ2) is 5.78. The molecule has 0 aromatic carbocycles. The molecular weight excluding hydrogens is 372 g/mol. The number of nitrogens with two attached hydrogens (primary N) is 1. The molecule has 0 amide bonds. The average molecular weight is 391 g/mol. The number of carbonyl (C=O) groups excluding carboxylic acids is 1. The number of allylic oxidation sites excluding steroid dienone is 3. The predicted molar refractivity (Wildman–Crippen MR) is 91.3 cm³/mol. The molecule has 1 atom stereocenters. The van der Waals surface area contributed by atoms with Gasteiger partial charge in [0, 0.05) is 25.0 Å². The molecule has 0 spiro atoms. The minimum Gasteiger partial charge on any atom is -0.444 e. The number of hydrogen-bond donors (Lipinski definition) is 1. The standard InChI is InChI=1S/C17H19BrN4O2/c1-4-22-15(10(18)8-21-22)13-9(7-19)16(20)24-12-6-17(2,3)5-11(23)14(12)13/h8,13H,4-6,20H2,1-3H3/t13-/m1/s1. The van der Waals surface area contributed by atoms with Crippen LogP contribution in [0.1, 0.15) is 45.2 Å². The van der Waals surface area contributed by atoms with Crippen molar-refractivity contribution >= 4 is 21.7 Å². The second-order valence-electron chi connectivity index (χ2n) is 6.90. The molecule has 0 fully saturated rings. The summed E-state index contributed by atoms with van der Waals surface area (Å²) < 4.78 is 8.22. The van der Waals surface area contributed by atoms with Crippen LogP contribution in [-0.4, -0.2) is 15.6 Å². The van der Waals surface area contributed by atoms with Gasteiger partial charge >= 0.3 is 0 Å². The maximum absolute atomic E-state index is 12.9. The van der Waals surface area contributed by atoms with Gasteiger partial charge in [-0.2, -0.15) is 10.4 Å². The van der Waals surface area contributed by atoms with E-state index < -0.39 is 5.92 Å². The van der Waals surface area contributed by atoms with Crippen molar-refractivity contribution in [3.8, 4) is 6.07 Å². The van der Waals surface area contributed by atoms with E-state index in [9.17, 15) is 10.1 Å². The highest BCUT2D eigenvalue weighted by Gasteiger charge is 2.44. The van der Waals surface area contributed by atoms with E-state index in [4.69, 9.17) is 10.5 Å². The topological polar surface area (TPSA) is 93.9 Å². The first kappa shape index (κ1) is 16.8. The van der Waals surface area contributed by atoms with Crippen molar-refractivity contribution in [2.24, 2.45) is 11.1 Å². The van der Waals surface area contributed by atoms with Gasteiger partial charge in [0.15, 0.2) is 5.78 Å². The van der Waals surface area contributed by atoms with Gasteiger partial charge in [-0.3, -0.25) is 9.48 Å². The van der Waals surface area contributed by atoms with Gasteiger partial charge in [-0.05, 0) is 28.3 Å². The Morgan fingerprint density at radius 3 is 2.88 bits per heavy atom. The molecule has 1 aromatic rings. The monoisotopic (exact) mass is 390 g/mol. The first-order valence-corrected chi connectivity index (χ1v) is 8.63. The molecule has 0 radical (unpaired) electrons. The highest BCUT2D eigenvalue weighted by Crippen LogP contribution is 2.48. The van der Waals surface area contributed by atoms with Crippen molar-refractivity contribution in [2.75, 3.05) is 0 Å². The van der Waals surface area contributed by atoms with Crippen LogP contribution < -0.4 is 5.73 Å². The maximum atomic E-state index is 12.9. The first-order chi connectivity index (χ1) is 11.3. The van der Waals surface area contributed by atoms with Gasteiger partial charge in [0.1, 0.15) is 17.4 Å². The highest BCUT2D eigenvalue weighted by molar-refractivity contribution is 9.10. The van der Waals surface area contributed by atoms with Gasteiger partial charge in [-0.1, -0.05) is 13.8 Å². The summed E-state index contributed by atoms with van der Waals surface area (Å²) in [6, 6.07) is 2.13. The first-order valence-electron chi connectivity index (χ1n) is 7.84. The van der Waals surface area contributed by atoms with Gasteiger partial charge in [0.05, 0.1) is 22.3 Å². The normalized spacial score (nSPS) is 23.0. The van der Waals surface area contributed by atoms with E-state index >= 15 is 0 Å². The van der Waals surface area contributed by atoms with Crippen LogP contribution in [0.2, 0.25) is 0 Å². The molecular formula is C17H19BrN4O2. The summed E-state index contributed by atoms with van der Waals surface area (Å²) >= 11 is 3.50. The van der Waals surface area contributed by atoms with Crippen LogP contribution in [0.15, 0.2) is 33.5 Å². The number of aromatic nitrogens is 2. The number of ether oxygens (including phenoxy) is 1. The van der Waals surface area contributed by atoms with Crippen molar-refractivity contribution in [2.45, 2.75) is 46.1 Å². The molecule has 0 bridgehead atoms. The smallest absolute Gasteiger partial charge is 0.205 e. The van der Waals surface area contributed by atoms with E-state index in [0.717, 1.165) is 10.2 Å². The van der Waals surface area contributed by atoms with Crippen molar-refractivity contribution in [1.82, 2.24) is 9.78 Å². The van der Waals surface area contributed by atoms with Gasteiger partial charge in [0.25, 0.3) is 0 Å². The molecule has 24 heavy (non-hydrogen) atoms. The molecule has 3 rings (SSSR count). The lowest BCUT2D eigenvalue weighted by molar-refractivity contribution is -0.119. The Labute approximate surface area is 149 Å². The lowest BCUT2D eigenvalue weighted by Gasteiger charge is -2.37. The van der Waals surface area contributed by atoms with Crippen LogP contribution in [0.5, 0.6) is 0 Å². The average Bonchev–Trinajstić information content (AvgIpc) is 2.85. The second-order valence-corrected chi connectivity index (χ2v) is 7.75. The summed E-state index contributed by atoms with van der Waals surface area (Å²) in [4.78, 5) is 12.9. The molecule has 1 aliphatic carbocycles. The van der Waals surface area contributed by atoms with E-state index in [1.54, 1.807) is 10.9 Å². The lowest BCUT2D eigenvalue weighted by Crippen LogP contribution is -2.34. The third-order valence-electron chi connectivity index (χ3n) is 4.48. The Kier molecular flexibility index (Phi) is 4.04. The van der Waals surface area contributed by atoms with Gasteiger partial charge in [-0.15, -0.1) is 0 Å². The molecule has 2 heterocycles. The SMILES string of the molecule is CCn1ncc(Br)c1[C@@H]1C(C#N)=C(N)OC2=C1C(=O)CC(C)(C)C2. The largest absolute Gasteiger partial charge is 0.444 e. The van der Waals surface area contributed by atoms with Crippen molar-refractivity contribution in [3.05, 3.63) is 39.2 Å². The summed E-state index contributed by atoms with van der Waals surface area (Å²) in [6.07, 6.45) is 2.71. The zero-order valence-electron chi connectivity index (χ0n) is 13.9. The summed E-state index contributed by atoms with van der Waals surface area (Å²) in [5.41, 5.74) is 7.39. The molecule has 6 nitrogen and oxygen atoms in total. The number of nitrogens with zero attached hydrogens (tertiary/aromatic N) is 3. The molecule has 0 saturated carbocycles. The van der Waals surface area contributed by atoms with Crippen LogP contribution in [0, 0.1) is 16.7 Å². The van der Waals surface area contributed by atoms with Gasteiger partial charge < -0.3 is 10.5 Å². The zero-order chi connectivity index (χ0) is 17.6. The Morgan fingerprint density at radius 2 is 2.25 bits per heavy atom. The van der Waals surface area contributed by atoms with E-state index in [1.165, 1.54) is 0 Å². The molecule has 1 aromatic heterocycles. The molecule has 0 saturated heterocycles. The Morgan fingerprint density at radius 1 is 1.54 bits per heavy atom. The molecule has 7 heteroatoms. The third-order valence-corrected chi connectivity index (χ3v) is 5.09. The van der Waals surface area contributed by atoms with Gasteiger partial charge in [0.2, 0.25) is 5.88 Å². The fourth-order valence-corrected chi connectivity index (χ4v) is 3.99. The number of Topliss-reactive ketones (excluding diaryl/α,β-unsaturated/α-hetero) is 1. The van der Waals surface area contributed by atoms with Crippen LogP contribution >= 0.6 is 15.9 Å². The van der Waals surface area contributed by atoms with E-state index in [1.807, 2.05) is 20.8 Å². The number of ketones is 1. The van der Waals surface area contributed by atoms with Gasteiger partial charge in [-0.25, -0.2) is 0 Å². The van der Waals surface area contributed by atoms with E-state index in [0.29, 0.717) is 30.7 Å². The van der Waals surface area contributed by atoms with Crippen LogP contribution in [0.3, 0.4) is 0 Å². The summed E-state index contributed by atoms with van der Waals surface area (Å²) in [5, 5.41) is 13.9. The van der Waals surface area contributed by atoms with Crippen LogP contribution in [0.25, 0.3) is 0 Å². The fraction of sp³-hybridized carbons (Fsp3) is 0.471. The summed E-state index contributed by atoms with van der Waals surface area (Å²) in [7, 11) is 0. The maximum Gasteiger partial charge on any atom is 0.205 e. The number of carbonyl (C=O) groups is 1. The Bertz CT molecular complexity index is 826. The number of aryl methyl sites for hydroxylation is 1. The van der Waals surface area contributed by atoms with Crippen LogP contribution in [-0.2, 0) is 16.1 Å². The molecule has 126 valence electrons. The minimum absolute atomic E-state index is 0.00209. The predicted octanol–water partition coefficient (Wildman–Crippen LogP) is 3.12. The highest BCUT2D eigenvalue weighted by atomic mass is 79.9. The number of halogens is 1. The van der Waals surface area contributed by atoms with E-state index in [2.05, 4.69) is 27.1 Å². The Hall–Kier alpha value is -2.07. The number of hydrogen-bond acceptors (Lipinski definition) is 5. The molecule has 2 aliphatic rings. The lowest BCUT2D eigenvalue weighted by atomic mass is 9.71. The molecule has 0 unspecified atom stereocenters. The fourth-order valence-electron chi connectivity index (χ4n) is 3.47. The Balaban J connectivity index is 2.25. The van der Waals surface area contributed by atoms with Crippen molar-refractivity contribution < 1.29 is 9.53 Å². The van der Waals surface area contributed by atoms with Crippen LogP contribution in [0.4, 0.5) is 0 Å². The minimum atomic E-state index is -0.542. The van der Waals surface area contributed by atoms with E-state index in [-0.39, 0.29) is 22.7 Å². The zero-order valence-corrected chi connectivity index (χ0v) is 15.5. The summed E-state index contributed by atoms with van der Waals surface area (Å²) in [5.74, 6) is 0.109. The molecule has 1 aliphatic heterocycles. The van der Waals surface area contributed by atoms with Crippen molar-refractivity contribution in [1.29, 1.82) is 5.26 Å². The number of nitriles is 1. The number of rotatable bonds is 2.